The van der Waals surface area contributed by atoms with E-state index in [1.54, 1.807) is 0 Å². The third-order valence-electron chi connectivity index (χ3n) is 3.29. The predicted molar refractivity (Wildman–Crippen MR) is 71.5 cm³/mol. The van der Waals surface area contributed by atoms with Gasteiger partial charge in [0.25, 0.3) is 0 Å². The molecule has 0 aromatic carbocycles. The highest BCUT2D eigenvalue weighted by molar-refractivity contribution is 7.15. The standard InChI is InChI=1S/C13H22N2S/c1-8(2)7-14-13-15-11-9(3)5-6-10(4)12(11)16-13/h8-10H,5-7H2,1-4H3,(H,14,15). The zero-order chi connectivity index (χ0) is 11.7. The average Bonchev–Trinajstić information content (AvgIpc) is 2.66. The molecule has 1 aromatic heterocycles. The summed E-state index contributed by atoms with van der Waals surface area (Å²) in [5.74, 6) is 2.03. The summed E-state index contributed by atoms with van der Waals surface area (Å²) in [6.45, 7) is 10.1. The highest BCUT2D eigenvalue weighted by atomic mass is 32.1. The number of hydrogen-bond donors (Lipinski definition) is 1. The summed E-state index contributed by atoms with van der Waals surface area (Å²) in [6.07, 6.45) is 2.61. The van der Waals surface area contributed by atoms with Gasteiger partial charge in [-0.25, -0.2) is 4.98 Å². The number of thiazole rings is 1. The molecule has 0 saturated carbocycles. The number of nitrogens with one attached hydrogen (secondary N) is 1. The van der Waals surface area contributed by atoms with Gasteiger partial charge in [-0.2, -0.15) is 0 Å². The predicted octanol–water partition coefficient (Wildman–Crippen LogP) is 4.21. The van der Waals surface area contributed by atoms with E-state index in [0.29, 0.717) is 17.8 Å². The minimum atomic E-state index is 0.650. The first-order chi connectivity index (χ1) is 7.58. The number of hydrogen-bond acceptors (Lipinski definition) is 3. The van der Waals surface area contributed by atoms with Gasteiger partial charge in [0.1, 0.15) is 0 Å². The van der Waals surface area contributed by atoms with Crippen molar-refractivity contribution in [2.45, 2.75) is 52.4 Å². The van der Waals surface area contributed by atoms with Crippen molar-refractivity contribution in [3.63, 3.8) is 0 Å². The monoisotopic (exact) mass is 238 g/mol. The first-order valence-corrected chi connectivity index (χ1v) is 7.14. The third kappa shape index (κ3) is 2.40. The van der Waals surface area contributed by atoms with Gasteiger partial charge in [-0.05, 0) is 30.6 Å². The molecule has 3 heteroatoms. The number of anilines is 1. The quantitative estimate of drug-likeness (QED) is 0.853. The Hall–Kier alpha value is -0.570. The zero-order valence-corrected chi connectivity index (χ0v) is 11.5. The van der Waals surface area contributed by atoms with Gasteiger partial charge in [0.15, 0.2) is 5.13 Å². The molecule has 2 nitrogen and oxygen atoms in total. The number of nitrogens with zero attached hydrogens (tertiary/aromatic N) is 1. The van der Waals surface area contributed by atoms with Crippen molar-refractivity contribution in [2.75, 3.05) is 11.9 Å². The molecule has 0 radical (unpaired) electrons. The molecule has 1 N–H and O–H groups in total. The molecule has 1 aliphatic rings. The highest BCUT2D eigenvalue weighted by Gasteiger charge is 2.26. The smallest absolute Gasteiger partial charge is 0.183 e. The van der Waals surface area contributed by atoms with E-state index in [1.165, 1.54) is 23.4 Å². The van der Waals surface area contributed by atoms with Crippen LogP contribution in [-0.4, -0.2) is 11.5 Å². The Labute approximate surface area is 102 Å². The van der Waals surface area contributed by atoms with Crippen LogP contribution in [0.3, 0.4) is 0 Å². The topological polar surface area (TPSA) is 24.9 Å². The van der Waals surface area contributed by atoms with Crippen molar-refractivity contribution >= 4 is 16.5 Å². The molecule has 1 aromatic rings. The van der Waals surface area contributed by atoms with Gasteiger partial charge in [0.05, 0.1) is 5.69 Å². The highest BCUT2D eigenvalue weighted by Crippen LogP contribution is 2.42. The Morgan fingerprint density at radius 3 is 2.62 bits per heavy atom. The van der Waals surface area contributed by atoms with Crippen molar-refractivity contribution in [1.29, 1.82) is 0 Å². The van der Waals surface area contributed by atoms with Crippen molar-refractivity contribution in [2.24, 2.45) is 5.92 Å². The molecule has 2 unspecified atom stereocenters. The van der Waals surface area contributed by atoms with Gasteiger partial charge in [0, 0.05) is 11.4 Å². The summed E-state index contributed by atoms with van der Waals surface area (Å²) in [5.41, 5.74) is 1.36. The lowest BCUT2D eigenvalue weighted by atomic mass is 9.86. The second-order valence-corrected chi connectivity index (χ2v) is 6.45. The first kappa shape index (κ1) is 11.9. The molecule has 0 spiro atoms. The molecule has 0 amide bonds. The molecule has 90 valence electrons. The maximum Gasteiger partial charge on any atom is 0.183 e. The van der Waals surface area contributed by atoms with Crippen LogP contribution in [0.2, 0.25) is 0 Å². The van der Waals surface area contributed by atoms with Crippen LogP contribution in [0.25, 0.3) is 0 Å². The SMILES string of the molecule is CC(C)CNc1nc2c(s1)C(C)CCC2C. The van der Waals surface area contributed by atoms with Gasteiger partial charge in [-0.15, -0.1) is 11.3 Å². The van der Waals surface area contributed by atoms with E-state index in [2.05, 4.69) is 33.0 Å². The van der Waals surface area contributed by atoms with Gasteiger partial charge in [0.2, 0.25) is 0 Å². The van der Waals surface area contributed by atoms with Crippen LogP contribution in [0.1, 0.15) is 62.9 Å². The summed E-state index contributed by atoms with van der Waals surface area (Å²) < 4.78 is 0. The van der Waals surface area contributed by atoms with E-state index in [0.717, 1.165) is 11.7 Å². The summed E-state index contributed by atoms with van der Waals surface area (Å²) in [5, 5.41) is 4.57. The van der Waals surface area contributed by atoms with Crippen molar-refractivity contribution in [3.8, 4) is 0 Å². The van der Waals surface area contributed by atoms with Crippen molar-refractivity contribution < 1.29 is 0 Å². The van der Waals surface area contributed by atoms with E-state index in [1.807, 2.05) is 11.3 Å². The van der Waals surface area contributed by atoms with E-state index in [9.17, 15) is 0 Å². The molecule has 2 atom stereocenters. The average molecular weight is 238 g/mol. The Balaban J connectivity index is 2.15. The van der Waals surface area contributed by atoms with Crippen molar-refractivity contribution in [3.05, 3.63) is 10.6 Å². The fourth-order valence-corrected chi connectivity index (χ4v) is 3.36. The van der Waals surface area contributed by atoms with Crippen LogP contribution < -0.4 is 5.32 Å². The maximum absolute atomic E-state index is 4.76. The fourth-order valence-electron chi connectivity index (χ4n) is 2.18. The Morgan fingerprint density at radius 2 is 2.00 bits per heavy atom. The van der Waals surface area contributed by atoms with Crippen LogP contribution in [0, 0.1) is 5.92 Å². The van der Waals surface area contributed by atoms with E-state index < -0.39 is 0 Å². The molecule has 0 fully saturated rings. The Kier molecular flexibility index (Phi) is 3.53. The normalized spacial score (nSPS) is 24.6. The second-order valence-electron chi connectivity index (χ2n) is 5.42. The Bertz CT molecular complexity index is 329. The van der Waals surface area contributed by atoms with Gasteiger partial charge in [-0.1, -0.05) is 27.7 Å². The van der Waals surface area contributed by atoms with Crippen LogP contribution in [-0.2, 0) is 0 Å². The molecule has 2 rings (SSSR count). The third-order valence-corrected chi connectivity index (χ3v) is 4.55. The van der Waals surface area contributed by atoms with Gasteiger partial charge >= 0.3 is 0 Å². The van der Waals surface area contributed by atoms with E-state index in [4.69, 9.17) is 4.98 Å². The fraction of sp³-hybridized carbons (Fsp3) is 0.769. The molecule has 0 bridgehead atoms. The number of rotatable bonds is 3. The molecule has 1 aliphatic carbocycles. The molecule has 0 saturated heterocycles. The molecular formula is C13H22N2S. The summed E-state index contributed by atoms with van der Waals surface area (Å²) in [4.78, 5) is 6.28. The minimum Gasteiger partial charge on any atom is -0.361 e. The van der Waals surface area contributed by atoms with Gasteiger partial charge in [-0.3, -0.25) is 0 Å². The second kappa shape index (κ2) is 4.74. The van der Waals surface area contributed by atoms with E-state index in [-0.39, 0.29) is 0 Å². The van der Waals surface area contributed by atoms with E-state index >= 15 is 0 Å². The summed E-state index contributed by atoms with van der Waals surface area (Å²) in [6, 6.07) is 0. The Morgan fingerprint density at radius 1 is 1.31 bits per heavy atom. The lowest BCUT2D eigenvalue weighted by molar-refractivity contribution is 0.526. The van der Waals surface area contributed by atoms with Gasteiger partial charge < -0.3 is 5.32 Å². The molecule has 0 aliphatic heterocycles. The zero-order valence-electron chi connectivity index (χ0n) is 10.7. The summed E-state index contributed by atoms with van der Waals surface area (Å²) >= 11 is 1.87. The van der Waals surface area contributed by atoms with Crippen LogP contribution in [0.15, 0.2) is 0 Å². The minimum absolute atomic E-state index is 0.650. The largest absolute Gasteiger partial charge is 0.361 e. The first-order valence-electron chi connectivity index (χ1n) is 6.32. The lowest BCUT2D eigenvalue weighted by Crippen LogP contribution is -2.09. The molecular weight excluding hydrogens is 216 g/mol. The molecule has 16 heavy (non-hydrogen) atoms. The number of aromatic nitrogens is 1. The van der Waals surface area contributed by atoms with Crippen LogP contribution in [0.4, 0.5) is 5.13 Å². The van der Waals surface area contributed by atoms with Crippen LogP contribution >= 0.6 is 11.3 Å². The number of fused-ring (bicyclic) bond motifs is 1. The maximum atomic E-state index is 4.76. The van der Waals surface area contributed by atoms with Crippen LogP contribution in [0.5, 0.6) is 0 Å². The van der Waals surface area contributed by atoms with Crippen molar-refractivity contribution in [1.82, 2.24) is 4.98 Å². The molecule has 1 heterocycles. The lowest BCUT2D eigenvalue weighted by Gasteiger charge is -2.21. The summed E-state index contributed by atoms with van der Waals surface area (Å²) in [7, 11) is 0.